The fourth-order valence-corrected chi connectivity index (χ4v) is 3.70. The number of amides is 2. The van der Waals surface area contributed by atoms with E-state index in [4.69, 9.17) is 14.2 Å². The molecule has 174 valence electrons. The first-order chi connectivity index (χ1) is 16.6. The number of carbonyl (C=O) groups excluding carboxylic acids is 2. The van der Waals surface area contributed by atoms with E-state index in [9.17, 15) is 9.59 Å². The summed E-state index contributed by atoms with van der Waals surface area (Å²) in [4.78, 5) is 27.4. The molecule has 0 bridgehead atoms. The van der Waals surface area contributed by atoms with Crippen molar-refractivity contribution in [3.63, 3.8) is 0 Å². The van der Waals surface area contributed by atoms with Crippen molar-refractivity contribution in [2.75, 3.05) is 32.2 Å². The molecule has 34 heavy (non-hydrogen) atoms. The Kier molecular flexibility index (Phi) is 7.13. The molecule has 0 saturated carbocycles. The fraction of sp³-hybridized carbons (Fsp3) is 0.185. The number of nitrogens with zero attached hydrogens (tertiary/aromatic N) is 1. The van der Waals surface area contributed by atoms with E-state index in [0.717, 1.165) is 11.1 Å². The number of fused-ring (bicyclic) bond motifs is 1. The molecule has 7 nitrogen and oxygen atoms in total. The molecule has 2 amide bonds. The van der Waals surface area contributed by atoms with E-state index in [1.165, 1.54) is 4.90 Å². The first-order valence-electron chi connectivity index (χ1n) is 10.9. The van der Waals surface area contributed by atoms with Gasteiger partial charge in [-0.25, -0.2) is 0 Å². The Morgan fingerprint density at radius 1 is 0.971 bits per heavy atom. The number of methoxy groups -OCH3 is 2. The summed E-state index contributed by atoms with van der Waals surface area (Å²) in [5.41, 5.74) is 2.40. The molecule has 0 radical (unpaired) electrons. The van der Waals surface area contributed by atoms with Gasteiger partial charge in [0, 0.05) is 6.54 Å². The van der Waals surface area contributed by atoms with Gasteiger partial charge in [0.2, 0.25) is 5.91 Å². The molecule has 0 fully saturated rings. The zero-order chi connectivity index (χ0) is 23.9. The number of carbonyl (C=O) groups is 2. The molecule has 3 aromatic rings. The number of hydrogen-bond acceptors (Lipinski definition) is 5. The summed E-state index contributed by atoms with van der Waals surface area (Å²) in [5, 5.41) is 2.90. The van der Waals surface area contributed by atoms with Gasteiger partial charge in [0.1, 0.15) is 6.54 Å². The Hall–Kier alpha value is -4.26. The molecule has 1 N–H and O–H groups in total. The zero-order valence-electron chi connectivity index (χ0n) is 19.1. The second-order valence-electron chi connectivity index (χ2n) is 7.67. The highest BCUT2D eigenvalue weighted by molar-refractivity contribution is 6.12. The topological polar surface area (TPSA) is 77.1 Å². The first kappa shape index (κ1) is 22.9. The standard InChI is InChI=1S/C27H26N2O5/c1-32-23-13-12-20(16-24(23)33-2)14-15-28-26(30)18-29-21-10-6-7-11-22(21)34-25(27(29)31)17-19-8-4-3-5-9-19/h3-13,16-17H,14-15,18H2,1-2H3,(H,28,30)/b25-17+. The minimum atomic E-state index is -0.363. The SMILES string of the molecule is COc1ccc(CCNC(=O)CN2C(=O)/C(=C\c3ccccc3)Oc3ccccc32)cc1OC. The van der Waals surface area contributed by atoms with Crippen LogP contribution in [0.15, 0.2) is 78.6 Å². The molecule has 1 aliphatic rings. The second kappa shape index (κ2) is 10.6. The summed E-state index contributed by atoms with van der Waals surface area (Å²) in [6.07, 6.45) is 2.29. The summed E-state index contributed by atoms with van der Waals surface area (Å²) in [6.45, 7) is 0.304. The van der Waals surface area contributed by atoms with Gasteiger partial charge in [-0.05, 0) is 47.9 Å². The van der Waals surface area contributed by atoms with Gasteiger partial charge in [-0.2, -0.15) is 0 Å². The lowest BCUT2D eigenvalue weighted by Crippen LogP contribution is -2.44. The maximum Gasteiger partial charge on any atom is 0.294 e. The molecule has 1 heterocycles. The van der Waals surface area contributed by atoms with Crippen LogP contribution in [0.1, 0.15) is 11.1 Å². The Bertz CT molecular complexity index is 1210. The Balaban J connectivity index is 1.44. The minimum Gasteiger partial charge on any atom is -0.493 e. The molecule has 7 heteroatoms. The molecule has 1 aliphatic heterocycles. The molecular weight excluding hydrogens is 432 g/mol. The number of para-hydroxylation sites is 2. The zero-order valence-corrected chi connectivity index (χ0v) is 19.1. The van der Waals surface area contributed by atoms with Crippen molar-refractivity contribution < 1.29 is 23.8 Å². The summed E-state index contributed by atoms with van der Waals surface area (Å²) in [5.74, 6) is 1.37. The highest BCUT2D eigenvalue weighted by Gasteiger charge is 2.31. The highest BCUT2D eigenvalue weighted by Crippen LogP contribution is 2.35. The van der Waals surface area contributed by atoms with Crippen LogP contribution >= 0.6 is 0 Å². The van der Waals surface area contributed by atoms with Gasteiger partial charge >= 0.3 is 0 Å². The van der Waals surface area contributed by atoms with Crippen LogP contribution in [0.25, 0.3) is 6.08 Å². The number of rotatable bonds is 8. The third kappa shape index (κ3) is 5.20. The molecule has 0 unspecified atom stereocenters. The van der Waals surface area contributed by atoms with Crippen LogP contribution in [-0.4, -0.2) is 39.1 Å². The lowest BCUT2D eigenvalue weighted by molar-refractivity contribution is -0.123. The van der Waals surface area contributed by atoms with Crippen molar-refractivity contribution in [2.45, 2.75) is 6.42 Å². The minimum absolute atomic E-state index is 0.114. The largest absolute Gasteiger partial charge is 0.493 e. The van der Waals surface area contributed by atoms with Crippen LogP contribution < -0.4 is 24.4 Å². The maximum absolute atomic E-state index is 13.2. The number of benzene rings is 3. The summed E-state index contributed by atoms with van der Waals surface area (Å²) < 4.78 is 16.4. The summed E-state index contributed by atoms with van der Waals surface area (Å²) in [7, 11) is 3.17. The van der Waals surface area contributed by atoms with Crippen LogP contribution in [-0.2, 0) is 16.0 Å². The summed E-state index contributed by atoms with van der Waals surface area (Å²) >= 11 is 0. The van der Waals surface area contributed by atoms with E-state index in [1.54, 1.807) is 32.4 Å². The van der Waals surface area contributed by atoms with E-state index >= 15 is 0 Å². The lowest BCUT2D eigenvalue weighted by Gasteiger charge is -2.30. The van der Waals surface area contributed by atoms with Crippen molar-refractivity contribution in [3.8, 4) is 17.2 Å². The lowest BCUT2D eigenvalue weighted by atomic mass is 10.1. The van der Waals surface area contributed by atoms with Gasteiger partial charge in [-0.1, -0.05) is 48.5 Å². The average molecular weight is 459 g/mol. The van der Waals surface area contributed by atoms with Crippen molar-refractivity contribution in [1.29, 1.82) is 0 Å². The number of ether oxygens (including phenoxy) is 3. The predicted molar refractivity (Wildman–Crippen MR) is 130 cm³/mol. The molecule has 0 aliphatic carbocycles. The average Bonchev–Trinajstić information content (AvgIpc) is 2.87. The molecule has 3 aromatic carbocycles. The number of nitrogens with one attached hydrogen (secondary N) is 1. The second-order valence-corrected chi connectivity index (χ2v) is 7.67. The van der Waals surface area contributed by atoms with Crippen LogP contribution in [0.4, 0.5) is 5.69 Å². The number of hydrogen-bond donors (Lipinski definition) is 1. The Labute approximate surface area is 198 Å². The predicted octanol–water partition coefficient (Wildman–Crippen LogP) is 3.83. The summed E-state index contributed by atoms with van der Waals surface area (Å²) in [6, 6.07) is 22.3. The van der Waals surface area contributed by atoms with E-state index in [0.29, 0.717) is 35.9 Å². The molecule has 0 atom stereocenters. The third-order valence-corrected chi connectivity index (χ3v) is 5.41. The molecule has 0 aromatic heterocycles. The van der Waals surface area contributed by atoms with Crippen LogP contribution in [0, 0.1) is 0 Å². The highest BCUT2D eigenvalue weighted by atomic mass is 16.5. The Morgan fingerprint density at radius 2 is 1.71 bits per heavy atom. The van der Waals surface area contributed by atoms with Gasteiger partial charge in [0.05, 0.1) is 19.9 Å². The van der Waals surface area contributed by atoms with Crippen molar-refractivity contribution >= 4 is 23.6 Å². The fourth-order valence-electron chi connectivity index (χ4n) is 3.70. The van der Waals surface area contributed by atoms with Gasteiger partial charge in [-0.15, -0.1) is 0 Å². The van der Waals surface area contributed by atoms with Crippen LogP contribution in [0.2, 0.25) is 0 Å². The van der Waals surface area contributed by atoms with Crippen LogP contribution in [0.3, 0.4) is 0 Å². The van der Waals surface area contributed by atoms with Crippen molar-refractivity contribution in [3.05, 3.63) is 89.7 Å². The quantitative estimate of drug-likeness (QED) is 0.519. The molecule has 4 rings (SSSR count). The maximum atomic E-state index is 13.2. The van der Waals surface area contributed by atoms with E-state index in [1.807, 2.05) is 60.7 Å². The molecule has 0 saturated heterocycles. The van der Waals surface area contributed by atoms with Crippen LogP contribution in [0.5, 0.6) is 17.2 Å². The van der Waals surface area contributed by atoms with Crippen molar-refractivity contribution in [2.24, 2.45) is 0 Å². The number of anilines is 1. The third-order valence-electron chi connectivity index (χ3n) is 5.41. The van der Waals surface area contributed by atoms with E-state index in [-0.39, 0.29) is 24.1 Å². The normalized spacial score (nSPS) is 13.8. The van der Waals surface area contributed by atoms with Gasteiger partial charge in [-0.3, -0.25) is 14.5 Å². The van der Waals surface area contributed by atoms with Gasteiger partial charge in [0.25, 0.3) is 5.91 Å². The monoisotopic (exact) mass is 458 g/mol. The van der Waals surface area contributed by atoms with Gasteiger partial charge < -0.3 is 19.5 Å². The first-order valence-corrected chi connectivity index (χ1v) is 10.9. The smallest absolute Gasteiger partial charge is 0.294 e. The van der Waals surface area contributed by atoms with E-state index in [2.05, 4.69) is 5.32 Å². The molecule has 0 spiro atoms. The Morgan fingerprint density at radius 3 is 2.47 bits per heavy atom. The molecular formula is C27H26N2O5. The van der Waals surface area contributed by atoms with Gasteiger partial charge in [0.15, 0.2) is 23.0 Å². The van der Waals surface area contributed by atoms with Crippen molar-refractivity contribution in [1.82, 2.24) is 5.32 Å². The van der Waals surface area contributed by atoms with E-state index < -0.39 is 0 Å².